The molecule has 0 radical (unpaired) electrons. The maximum absolute atomic E-state index is 9.59. The summed E-state index contributed by atoms with van der Waals surface area (Å²) in [6, 6.07) is 31.5. The molecule has 0 unspecified atom stereocenters. The molecule has 0 spiro atoms. The zero-order valence-electron chi connectivity index (χ0n) is 16.5. The smallest absolute Gasteiger partial charge is 0.134 e. The normalized spacial score (nSPS) is 11.0. The van der Waals surface area contributed by atoms with E-state index in [1.165, 1.54) is 10.8 Å². The van der Waals surface area contributed by atoms with E-state index in [4.69, 9.17) is 10.00 Å². The topological polar surface area (TPSA) is 56.8 Å². The predicted molar refractivity (Wildman–Crippen MR) is 127 cm³/mol. The van der Waals surface area contributed by atoms with Gasteiger partial charge >= 0.3 is 0 Å². The molecule has 0 amide bonds. The molecule has 0 N–H and O–H groups in total. The van der Waals surface area contributed by atoms with Crippen LogP contribution in [0.2, 0.25) is 0 Å². The van der Waals surface area contributed by atoms with Gasteiger partial charge in [0.2, 0.25) is 0 Å². The molecule has 0 saturated carbocycles. The molecule has 0 fully saturated rings. The van der Waals surface area contributed by atoms with Gasteiger partial charge in [-0.3, -0.25) is 0 Å². The minimum atomic E-state index is 0.458. The lowest BCUT2D eigenvalue weighted by molar-refractivity contribution is 0.305. The lowest BCUT2D eigenvalue weighted by Crippen LogP contribution is -1.97. The Bertz CT molecular complexity index is 1370. The first-order chi connectivity index (χ1) is 15.2. The van der Waals surface area contributed by atoms with E-state index >= 15 is 0 Å². The molecule has 4 aromatic carbocycles. The van der Waals surface area contributed by atoms with Crippen LogP contribution in [0.1, 0.15) is 22.3 Å². The number of nitrogens with zero attached hydrogens (tertiary/aromatic N) is 2. The van der Waals surface area contributed by atoms with Gasteiger partial charge in [0, 0.05) is 0 Å². The largest absolute Gasteiger partial charge is 0.488 e. The summed E-state index contributed by atoms with van der Waals surface area (Å²) in [6.45, 7) is 0.458. The van der Waals surface area contributed by atoms with Crippen LogP contribution >= 0.6 is 15.9 Å². The maximum Gasteiger partial charge on any atom is 0.134 e. The quantitative estimate of drug-likeness (QED) is 0.233. The molecule has 31 heavy (non-hydrogen) atoms. The Labute approximate surface area is 189 Å². The van der Waals surface area contributed by atoms with Crippen molar-refractivity contribution in [1.29, 1.82) is 10.5 Å². The van der Waals surface area contributed by atoms with Gasteiger partial charge in [-0.05, 0) is 73.7 Å². The fourth-order valence-corrected chi connectivity index (χ4v) is 3.91. The molecule has 4 heteroatoms. The van der Waals surface area contributed by atoms with E-state index < -0.39 is 0 Å². The van der Waals surface area contributed by atoms with Crippen molar-refractivity contribution < 1.29 is 4.74 Å². The van der Waals surface area contributed by atoms with Gasteiger partial charge in [-0.15, -0.1) is 0 Å². The van der Waals surface area contributed by atoms with Crippen LogP contribution in [0.15, 0.2) is 89.4 Å². The first-order valence-electron chi connectivity index (χ1n) is 9.69. The first-order valence-corrected chi connectivity index (χ1v) is 10.5. The fourth-order valence-electron chi connectivity index (χ4n) is 3.40. The maximum atomic E-state index is 9.59. The third-order valence-corrected chi connectivity index (χ3v) is 5.57. The van der Waals surface area contributed by atoms with E-state index in [0.717, 1.165) is 21.3 Å². The summed E-state index contributed by atoms with van der Waals surface area (Å²) in [5.74, 6) is 0.732. The Morgan fingerprint density at radius 3 is 2.52 bits per heavy atom. The highest BCUT2D eigenvalue weighted by atomic mass is 79.9. The molecule has 0 heterocycles. The monoisotopic (exact) mass is 464 g/mol. The van der Waals surface area contributed by atoms with Crippen LogP contribution in [0.5, 0.6) is 5.75 Å². The SMILES string of the molecule is N#C/C(=C/c1ccc(OCc2cccc3ccccc23)c(Br)c1)c1cccc(C#N)c1. The number of ether oxygens (including phenoxy) is 1. The average molecular weight is 465 g/mol. The van der Waals surface area contributed by atoms with Crippen molar-refractivity contribution in [2.24, 2.45) is 0 Å². The number of hydrogen-bond acceptors (Lipinski definition) is 3. The van der Waals surface area contributed by atoms with Crippen molar-refractivity contribution in [2.45, 2.75) is 6.61 Å². The van der Waals surface area contributed by atoms with E-state index in [-0.39, 0.29) is 0 Å². The highest BCUT2D eigenvalue weighted by molar-refractivity contribution is 9.10. The van der Waals surface area contributed by atoms with Crippen LogP contribution < -0.4 is 4.74 Å². The molecule has 4 rings (SSSR count). The second-order valence-electron chi connectivity index (χ2n) is 6.98. The van der Waals surface area contributed by atoms with Crippen LogP contribution in [0, 0.1) is 22.7 Å². The van der Waals surface area contributed by atoms with Crippen LogP contribution in [-0.4, -0.2) is 0 Å². The van der Waals surface area contributed by atoms with Gasteiger partial charge in [0.25, 0.3) is 0 Å². The summed E-state index contributed by atoms with van der Waals surface area (Å²) in [7, 11) is 0. The molecule has 0 aromatic heterocycles. The van der Waals surface area contributed by atoms with Crippen molar-refractivity contribution in [1.82, 2.24) is 0 Å². The Morgan fingerprint density at radius 1 is 0.903 bits per heavy atom. The third kappa shape index (κ3) is 4.67. The number of benzene rings is 4. The van der Waals surface area contributed by atoms with Crippen LogP contribution in [0.25, 0.3) is 22.4 Å². The number of allylic oxidation sites excluding steroid dienone is 1. The van der Waals surface area contributed by atoms with Crippen molar-refractivity contribution in [2.75, 3.05) is 0 Å². The highest BCUT2D eigenvalue weighted by Crippen LogP contribution is 2.29. The van der Waals surface area contributed by atoms with Crippen LogP contribution in [0.3, 0.4) is 0 Å². The minimum Gasteiger partial charge on any atom is -0.488 e. The molecule has 0 aliphatic heterocycles. The van der Waals surface area contributed by atoms with Gasteiger partial charge < -0.3 is 4.74 Å². The second-order valence-corrected chi connectivity index (χ2v) is 7.83. The number of fused-ring (bicyclic) bond motifs is 1. The van der Waals surface area contributed by atoms with Gasteiger partial charge in [-0.25, -0.2) is 0 Å². The Kier molecular flexibility index (Phi) is 6.13. The summed E-state index contributed by atoms with van der Waals surface area (Å²) in [5.41, 5.74) is 3.72. The summed E-state index contributed by atoms with van der Waals surface area (Å²) < 4.78 is 6.87. The molecule has 0 aliphatic rings. The zero-order valence-corrected chi connectivity index (χ0v) is 18.1. The minimum absolute atomic E-state index is 0.458. The van der Waals surface area contributed by atoms with E-state index in [1.807, 2.05) is 42.5 Å². The Morgan fingerprint density at radius 2 is 1.71 bits per heavy atom. The van der Waals surface area contributed by atoms with Crippen LogP contribution in [-0.2, 0) is 6.61 Å². The van der Waals surface area contributed by atoms with Crippen molar-refractivity contribution >= 4 is 38.4 Å². The fraction of sp³-hybridized carbons (Fsp3) is 0.0370. The summed E-state index contributed by atoms with van der Waals surface area (Å²) in [6.07, 6.45) is 1.80. The van der Waals surface area contributed by atoms with E-state index in [1.54, 1.807) is 24.3 Å². The summed E-state index contributed by atoms with van der Waals surface area (Å²) in [4.78, 5) is 0. The number of rotatable bonds is 5. The first kappa shape index (κ1) is 20.4. The number of hydrogen-bond donors (Lipinski definition) is 0. The second kappa shape index (κ2) is 9.30. The molecule has 0 saturated heterocycles. The third-order valence-electron chi connectivity index (χ3n) is 4.95. The van der Waals surface area contributed by atoms with E-state index in [2.05, 4.69) is 52.3 Å². The predicted octanol–water partition coefficient (Wildman–Crippen LogP) is 7.12. The average Bonchev–Trinajstić information content (AvgIpc) is 2.82. The molecule has 0 aliphatic carbocycles. The van der Waals surface area contributed by atoms with Gasteiger partial charge in [-0.1, -0.05) is 60.7 Å². The standard InChI is InChI=1S/C27H17BrN2O/c28-26-15-19(13-24(17-30)22-8-3-5-20(14-22)16-29)11-12-27(26)31-18-23-9-4-7-21-6-1-2-10-25(21)23/h1-15H,18H2/b24-13-. The van der Waals surface area contributed by atoms with Gasteiger partial charge in [-0.2, -0.15) is 10.5 Å². The zero-order chi connectivity index (χ0) is 21.6. The van der Waals surface area contributed by atoms with Crippen molar-refractivity contribution in [3.05, 3.63) is 112 Å². The molecular weight excluding hydrogens is 448 g/mol. The van der Waals surface area contributed by atoms with Crippen LogP contribution in [0.4, 0.5) is 0 Å². The highest BCUT2D eigenvalue weighted by Gasteiger charge is 2.07. The van der Waals surface area contributed by atoms with Crippen molar-refractivity contribution in [3.63, 3.8) is 0 Å². The Balaban J connectivity index is 1.56. The molecule has 4 aromatic rings. The number of nitriles is 2. The molecule has 148 valence electrons. The van der Waals surface area contributed by atoms with Gasteiger partial charge in [0.05, 0.1) is 27.7 Å². The summed E-state index contributed by atoms with van der Waals surface area (Å²) in [5, 5.41) is 21.0. The van der Waals surface area contributed by atoms with Gasteiger partial charge in [0.15, 0.2) is 0 Å². The molecule has 0 atom stereocenters. The molecule has 0 bridgehead atoms. The van der Waals surface area contributed by atoms with Crippen molar-refractivity contribution in [3.8, 4) is 17.9 Å². The molecule has 3 nitrogen and oxygen atoms in total. The lowest BCUT2D eigenvalue weighted by atomic mass is 10.0. The summed E-state index contributed by atoms with van der Waals surface area (Å²) >= 11 is 3.58. The Hall–Kier alpha value is -3.86. The lowest BCUT2D eigenvalue weighted by Gasteiger charge is -2.11. The van der Waals surface area contributed by atoms with E-state index in [9.17, 15) is 5.26 Å². The molecular formula is C27H17BrN2O. The number of halogens is 1. The van der Waals surface area contributed by atoms with Gasteiger partial charge in [0.1, 0.15) is 12.4 Å². The van der Waals surface area contributed by atoms with E-state index in [0.29, 0.717) is 23.3 Å².